The molecule has 0 spiro atoms. The molecule has 0 aromatic heterocycles. The number of hydrogen-bond acceptors (Lipinski definition) is 3. The fourth-order valence-electron chi connectivity index (χ4n) is 2.30. The number of aliphatic hydroxyl groups is 1. The monoisotopic (exact) mass is 214 g/mol. The highest BCUT2D eigenvalue weighted by Crippen LogP contribution is 2.22. The van der Waals surface area contributed by atoms with Crippen molar-refractivity contribution >= 4 is 5.91 Å². The molecule has 88 valence electrons. The lowest BCUT2D eigenvalue weighted by atomic mass is 9.89. The van der Waals surface area contributed by atoms with Crippen LogP contribution in [0.4, 0.5) is 0 Å². The third kappa shape index (κ3) is 3.47. The SMILES string of the molecule is CC(=O)N(C)[C@@H]1CCCC[C@H]1NCCO. The van der Waals surface area contributed by atoms with E-state index in [0.717, 1.165) is 12.8 Å². The summed E-state index contributed by atoms with van der Waals surface area (Å²) in [6, 6.07) is 0.641. The Balaban J connectivity index is 2.52. The first-order chi connectivity index (χ1) is 7.16. The lowest BCUT2D eigenvalue weighted by Gasteiger charge is -2.38. The van der Waals surface area contributed by atoms with Gasteiger partial charge in [-0.2, -0.15) is 0 Å². The van der Waals surface area contributed by atoms with Crippen molar-refractivity contribution in [3.05, 3.63) is 0 Å². The van der Waals surface area contributed by atoms with Crippen LogP contribution in [0.3, 0.4) is 0 Å². The summed E-state index contributed by atoms with van der Waals surface area (Å²) in [4.78, 5) is 13.1. The van der Waals surface area contributed by atoms with Crippen molar-refractivity contribution in [1.82, 2.24) is 10.2 Å². The minimum absolute atomic E-state index is 0.123. The predicted molar refractivity (Wildman–Crippen MR) is 59.6 cm³/mol. The number of amides is 1. The van der Waals surface area contributed by atoms with E-state index < -0.39 is 0 Å². The summed E-state index contributed by atoms with van der Waals surface area (Å²) in [7, 11) is 1.87. The molecule has 1 saturated carbocycles. The molecule has 4 heteroatoms. The molecule has 0 radical (unpaired) electrons. The second kappa shape index (κ2) is 6.08. The maximum absolute atomic E-state index is 11.3. The van der Waals surface area contributed by atoms with Gasteiger partial charge in [0, 0.05) is 32.6 Å². The number of hydrogen-bond donors (Lipinski definition) is 2. The first kappa shape index (κ1) is 12.5. The van der Waals surface area contributed by atoms with Crippen LogP contribution in [0.5, 0.6) is 0 Å². The molecule has 0 heterocycles. The maximum Gasteiger partial charge on any atom is 0.219 e. The standard InChI is InChI=1S/C11H22N2O2/c1-9(15)13(2)11-6-4-3-5-10(11)12-7-8-14/h10-12,14H,3-8H2,1-2H3/t10-,11-/m1/s1. The molecule has 0 aliphatic heterocycles. The van der Waals surface area contributed by atoms with Crippen LogP contribution in [0.25, 0.3) is 0 Å². The van der Waals surface area contributed by atoms with Gasteiger partial charge in [-0.1, -0.05) is 12.8 Å². The number of nitrogens with zero attached hydrogens (tertiary/aromatic N) is 1. The smallest absolute Gasteiger partial charge is 0.219 e. The van der Waals surface area contributed by atoms with Gasteiger partial charge in [0.2, 0.25) is 5.91 Å². The molecule has 2 N–H and O–H groups in total. The van der Waals surface area contributed by atoms with E-state index in [9.17, 15) is 4.79 Å². The van der Waals surface area contributed by atoms with Crippen molar-refractivity contribution in [3.63, 3.8) is 0 Å². The quantitative estimate of drug-likeness (QED) is 0.710. The van der Waals surface area contributed by atoms with E-state index in [1.54, 1.807) is 6.92 Å². The molecular formula is C11H22N2O2. The average Bonchev–Trinajstić information content (AvgIpc) is 2.25. The number of aliphatic hydroxyl groups excluding tert-OH is 1. The van der Waals surface area contributed by atoms with Gasteiger partial charge < -0.3 is 15.3 Å². The molecule has 0 saturated heterocycles. The van der Waals surface area contributed by atoms with E-state index in [1.807, 2.05) is 11.9 Å². The largest absolute Gasteiger partial charge is 0.395 e. The van der Waals surface area contributed by atoms with Gasteiger partial charge in [-0.15, -0.1) is 0 Å². The Morgan fingerprint density at radius 3 is 2.73 bits per heavy atom. The summed E-state index contributed by atoms with van der Waals surface area (Å²) >= 11 is 0. The molecule has 0 bridgehead atoms. The van der Waals surface area contributed by atoms with Crippen LogP contribution >= 0.6 is 0 Å². The maximum atomic E-state index is 11.3. The fraction of sp³-hybridized carbons (Fsp3) is 0.909. The van der Waals surface area contributed by atoms with Crippen LogP contribution in [0.15, 0.2) is 0 Å². The van der Waals surface area contributed by atoms with Crippen molar-refractivity contribution in [2.24, 2.45) is 0 Å². The highest BCUT2D eigenvalue weighted by atomic mass is 16.3. The molecule has 1 aliphatic carbocycles. The Morgan fingerprint density at radius 1 is 1.47 bits per heavy atom. The van der Waals surface area contributed by atoms with Gasteiger partial charge in [-0.3, -0.25) is 4.79 Å². The minimum Gasteiger partial charge on any atom is -0.395 e. The van der Waals surface area contributed by atoms with Crippen molar-refractivity contribution in [2.75, 3.05) is 20.2 Å². The molecular weight excluding hydrogens is 192 g/mol. The molecule has 1 amide bonds. The predicted octanol–water partition coefficient (Wildman–Crippen LogP) is 0.358. The first-order valence-corrected chi connectivity index (χ1v) is 5.74. The lowest BCUT2D eigenvalue weighted by molar-refractivity contribution is -0.130. The summed E-state index contributed by atoms with van der Waals surface area (Å²) in [6.07, 6.45) is 4.58. The third-order valence-corrected chi connectivity index (χ3v) is 3.24. The Kier molecular flexibility index (Phi) is 5.05. The molecule has 2 atom stereocenters. The molecule has 15 heavy (non-hydrogen) atoms. The van der Waals surface area contributed by atoms with Gasteiger partial charge in [0.15, 0.2) is 0 Å². The zero-order valence-electron chi connectivity index (χ0n) is 9.70. The van der Waals surface area contributed by atoms with Crippen LogP contribution < -0.4 is 5.32 Å². The van der Waals surface area contributed by atoms with Gasteiger partial charge in [-0.25, -0.2) is 0 Å². The van der Waals surface area contributed by atoms with Crippen LogP contribution in [0, 0.1) is 0 Å². The van der Waals surface area contributed by atoms with Gasteiger partial charge in [0.1, 0.15) is 0 Å². The van der Waals surface area contributed by atoms with Crippen LogP contribution in [-0.2, 0) is 4.79 Å². The molecule has 0 unspecified atom stereocenters. The summed E-state index contributed by atoms with van der Waals surface area (Å²) < 4.78 is 0. The third-order valence-electron chi connectivity index (χ3n) is 3.24. The highest BCUT2D eigenvalue weighted by Gasteiger charge is 2.28. The van der Waals surface area contributed by atoms with Gasteiger partial charge in [-0.05, 0) is 12.8 Å². The Hall–Kier alpha value is -0.610. The molecule has 1 fully saturated rings. The summed E-state index contributed by atoms with van der Waals surface area (Å²) in [5.41, 5.74) is 0. The number of likely N-dealkylation sites (N-methyl/N-ethyl adjacent to an activating group) is 1. The van der Waals surface area contributed by atoms with E-state index >= 15 is 0 Å². The van der Waals surface area contributed by atoms with Gasteiger partial charge >= 0.3 is 0 Å². The minimum atomic E-state index is 0.123. The lowest BCUT2D eigenvalue weighted by Crippen LogP contribution is -2.52. The number of carbonyl (C=O) groups excluding carboxylic acids is 1. The fourth-order valence-corrected chi connectivity index (χ4v) is 2.30. The molecule has 1 rings (SSSR count). The summed E-state index contributed by atoms with van der Waals surface area (Å²) in [6.45, 7) is 2.39. The average molecular weight is 214 g/mol. The topological polar surface area (TPSA) is 52.6 Å². The molecule has 1 aliphatic rings. The van der Waals surface area contributed by atoms with Crippen molar-refractivity contribution in [2.45, 2.75) is 44.7 Å². The van der Waals surface area contributed by atoms with E-state index in [-0.39, 0.29) is 12.5 Å². The molecule has 4 nitrogen and oxygen atoms in total. The van der Waals surface area contributed by atoms with Crippen molar-refractivity contribution < 1.29 is 9.90 Å². The van der Waals surface area contributed by atoms with E-state index in [4.69, 9.17) is 5.11 Å². The van der Waals surface area contributed by atoms with Crippen molar-refractivity contribution in [1.29, 1.82) is 0 Å². The first-order valence-electron chi connectivity index (χ1n) is 5.74. The van der Waals surface area contributed by atoms with E-state index in [1.165, 1.54) is 12.8 Å². The number of rotatable bonds is 4. The number of carbonyl (C=O) groups is 1. The van der Waals surface area contributed by atoms with Crippen LogP contribution in [0.2, 0.25) is 0 Å². The Labute approximate surface area is 91.6 Å². The van der Waals surface area contributed by atoms with Crippen LogP contribution in [-0.4, -0.2) is 48.2 Å². The van der Waals surface area contributed by atoms with Crippen molar-refractivity contribution in [3.8, 4) is 0 Å². The van der Waals surface area contributed by atoms with Gasteiger partial charge in [0.05, 0.1) is 6.61 Å². The van der Waals surface area contributed by atoms with E-state index in [2.05, 4.69) is 5.32 Å². The summed E-state index contributed by atoms with van der Waals surface area (Å²) in [5, 5.41) is 12.1. The zero-order valence-corrected chi connectivity index (χ0v) is 9.70. The number of nitrogens with one attached hydrogen (secondary N) is 1. The Bertz CT molecular complexity index is 209. The second-order valence-electron chi connectivity index (χ2n) is 4.27. The molecule has 0 aromatic rings. The second-order valence-corrected chi connectivity index (χ2v) is 4.27. The normalized spacial score (nSPS) is 26.3. The van der Waals surface area contributed by atoms with Crippen LogP contribution in [0.1, 0.15) is 32.6 Å². The van der Waals surface area contributed by atoms with E-state index in [0.29, 0.717) is 18.6 Å². The van der Waals surface area contributed by atoms with Gasteiger partial charge in [0.25, 0.3) is 0 Å². The zero-order chi connectivity index (χ0) is 11.3. The molecule has 0 aromatic carbocycles. The highest BCUT2D eigenvalue weighted by molar-refractivity contribution is 5.73. The summed E-state index contributed by atoms with van der Waals surface area (Å²) in [5.74, 6) is 0.123. The Morgan fingerprint density at radius 2 is 2.13 bits per heavy atom.